The summed E-state index contributed by atoms with van der Waals surface area (Å²) in [5.41, 5.74) is 11.3. The zero-order valence-electron chi connectivity index (χ0n) is 27.4. The maximum atomic E-state index is 2.52. The van der Waals surface area contributed by atoms with Gasteiger partial charge in [-0.1, -0.05) is 147 Å². The third-order valence-corrected chi connectivity index (χ3v) is 11.9. The molecule has 0 amide bonds. The third kappa shape index (κ3) is 4.17. The van der Waals surface area contributed by atoms with Crippen molar-refractivity contribution in [3.05, 3.63) is 175 Å². The maximum Gasteiger partial charge on any atom is 0.0640 e. The van der Waals surface area contributed by atoms with Crippen LogP contribution >= 0.6 is 11.3 Å². The molecule has 0 radical (unpaired) electrons. The molecule has 0 aliphatic heterocycles. The van der Waals surface area contributed by atoms with Crippen LogP contribution in [0.3, 0.4) is 0 Å². The lowest BCUT2D eigenvalue weighted by Crippen LogP contribution is -2.15. The van der Waals surface area contributed by atoms with E-state index in [0.717, 1.165) is 5.69 Å². The van der Waals surface area contributed by atoms with E-state index in [1.165, 1.54) is 86.5 Å². The Hall–Kier alpha value is -5.70. The minimum atomic E-state index is -0.0529. The molecule has 0 saturated carbocycles. The molecule has 0 atom stereocenters. The van der Waals surface area contributed by atoms with E-state index < -0.39 is 0 Å². The molecule has 49 heavy (non-hydrogen) atoms. The molecule has 0 unspecified atom stereocenters. The molecule has 1 heterocycles. The van der Waals surface area contributed by atoms with Gasteiger partial charge in [0.15, 0.2) is 0 Å². The molecule has 10 rings (SSSR count). The van der Waals surface area contributed by atoms with Crippen LogP contribution in [0.5, 0.6) is 0 Å². The van der Waals surface area contributed by atoms with Gasteiger partial charge in [0.1, 0.15) is 0 Å². The van der Waals surface area contributed by atoms with Crippen LogP contribution in [0.15, 0.2) is 164 Å². The average molecular weight is 644 g/mol. The molecular formula is C47H33NS. The molecule has 8 aromatic carbocycles. The van der Waals surface area contributed by atoms with Crippen LogP contribution < -0.4 is 4.90 Å². The number of para-hydroxylation sites is 1. The first kappa shape index (κ1) is 28.3. The Morgan fingerprint density at radius 1 is 0.449 bits per heavy atom. The van der Waals surface area contributed by atoms with Crippen LogP contribution in [-0.4, -0.2) is 0 Å². The molecule has 0 saturated heterocycles. The number of rotatable bonds is 4. The second kappa shape index (κ2) is 10.7. The normalized spacial score (nSPS) is 13.3. The summed E-state index contributed by atoms with van der Waals surface area (Å²) in [7, 11) is 0. The largest absolute Gasteiger partial charge is 0.308 e. The van der Waals surface area contributed by atoms with Gasteiger partial charge in [-0.2, -0.15) is 0 Å². The monoisotopic (exact) mass is 643 g/mol. The molecule has 0 fully saturated rings. The molecular weight excluding hydrogens is 611 g/mol. The number of anilines is 3. The van der Waals surface area contributed by atoms with Gasteiger partial charge in [0.25, 0.3) is 0 Å². The molecule has 1 aromatic heterocycles. The fourth-order valence-electron chi connectivity index (χ4n) is 8.34. The Morgan fingerprint density at radius 2 is 1.06 bits per heavy atom. The SMILES string of the molecule is CC1(C)c2ccccc2-c2cc(N(c3ccccc3-c3cccc4ccccc34)c3cccc4c3sc3ccc5ccccc5c34)ccc21. The Balaban J connectivity index is 1.29. The van der Waals surface area contributed by atoms with Gasteiger partial charge in [-0.3, -0.25) is 0 Å². The number of thiophene rings is 1. The lowest BCUT2D eigenvalue weighted by atomic mass is 9.82. The minimum absolute atomic E-state index is 0.0529. The van der Waals surface area contributed by atoms with Crippen molar-refractivity contribution < 1.29 is 0 Å². The number of fused-ring (bicyclic) bond motifs is 9. The summed E-state index contributed by atoms with van der Waals surface area (Å²) >= 11 is 1.90. The predicted octanol–water partition coefficient (Wildman–Crippen LogP) is 13.8. The van der Waals surface area contributed by atoms with Gasteiger partial charge in [0.05, 0.1) is 16.1 Å². The summed E-state index contributed by atoms with van der Waals surface area (Å²) in [6.45, 7) is 4.71. The molecule has 9 aromatic rings. The summed E-state index contributed by atoms with van der Waals surface area (Å²) in [5, 5.41) is 7.73. The van der Waals surface area contributed by atoms with Crippen molar-refractivity contribution >= 4 is 70.1 Å². The summed E-state index contributed by atoms with van der Waals surface area (Å²) in [6.07, 6.45) is 0. The van der Waals surface area contributed by atoms with Crippen LogP contribution in [0.25, 0.3) is 64.0 Å². The van der Waals surface area contributed by atoms with Gasteiger partial charge in [-0.25, -0.2) is 0 Å². The zero-order chi connectivity index (χ0) is 32.7. The van der Waals surface area contributed by atoms with E-state index >= 15 is 0 Å². The molecule has 2 heteroatoms. The van der Waals surface area contributed by atoms with E-state index in [0.29, 0.717) is 0 Å². The van der Waals surface area contributed by atoms with E-state index in [1.807, 2.05) is 11.3 Å². The number of hydrogen-bond acceptors (Lipinski definition) is 2. The van der Waals surface area contributed by atoms with E-state index in [9.17, 15) is 0 Å². The van der Waals surface area contributed by atoms with Crippen molar-refractivity contribution in [2.45, 2.75) is 19.3 Å². The maximum absolute atomic E-state index is 2.52. The van der Waals surface area contributed by atoms with Crippen LogP contribution in [0.4, 0.5) is 17.1 Å². The molecule has 1 nitrogen and oxygen atoms in total. The van der Waals surface area contributed by atoms with Crippen molar-refractivity contribution in [3.8, 4) is 22.3 Å². The van der Waals surface area contributed by atoms with E-state index in [1.54, 1.807) is 0 Å². The molecule has 232 valence electrons. The van der Waals surface area contributed by atoms with Crippen molar-refractivity contribution in [1.29, 1.82) is 0 Å². The molecule has 0 spiro atoms. The van der Waals surface area contributed by atoms with Crippen molar-refractivity contribution in [3.63, 3.8) is 0 Å². The van der Waals surface area contributed by atoms with Gasteiger partial charge in [-0.05, 0) is 79.7 Å². The predicted molar refractivity (Wildman–Crippen MR) is 212 cm³/mol. The first-order chi connectivity index (χ1) is 24.1. The fraction of sp³-hybridized carbons (Fsp3) is 0.0638. The minimum Gasteiger partial charge on any atom is -0.308 e. The first-order valence-corrected chi connectivity index (χ1v) is 17.8. The van der Waals surface area contributed by atoms with Crippen LogP contribution in [-0.2, 0) is 5.41 Å². The number of hydrogen-bond donors (Lipinski definition) is 0. The van der Waals surface area contributed by atoms with Gasteiger partial charge >= 0.3 is 0 Å². The second-order valence-corrected chi connectivity index (χ2v) is 14.7. The van der Waals surface area contributed by atoms with E-state index in [2.05, 4.69) is 183 Å². The van der Waals surface area contributed by atoms with Gasteiger partial charge in [0.2, 0.25) is 0 Å². The van der Waals surface area contributed by atoms with Crippen LogP contribution in [0, 0.1) is 0 Å². The summed E-state index contributed by atoms with van der Waals surface area (Å²) in [5.74, 6) is 0. The van der Waals surface area contributed by atoms with Crippen LogP contribution in [0.1, 0.15) is 25.0 Å². The Labute approximate surface area is 290 Å². The highest BCUT2D eigenvalue weighted by Crippen LogP contribution is 2.53. The topological polar surface area (TPSA) is 3.24 Å². The summed E-state index contributed by atoms with van der Waals surface area (Å²) in [6, 6.07) is 60.6. The van der Waals surface area contributed by atoms with Crippen molar-refractivity contribution in [2.75, 3.05) is 4.90 Å². The number of nitrogens with zero attached hydrogens (tertiary/aromatic N) is 1. The molecule has 0 N–H and O–H groups in total. The molecule has 1 aliphatic carbocycles. The zero-order valence-corrected chi connectivity index (χ0v) is 28.3. The fourth-order valence-corrected chi connectivity index (χ4v) is 9.56. The lowest BCUT2D eigenvalue weighted by Gasteiger charge is -2.29. The number of benzene rings is 8. The third-order valence-electron chi connectivity index (χ3n) is 10.7. The average Bonchev–Trinajstić information content (AvgIpc) is 3.65. The molecule has 0 bridgehead atoms. The van der Waals surface area contributed by atoms with Crippen LogP contribution in [0.2, 0.25) is 0 Å². The highest BCUT2D eigenvalue weighted by molar-refractivity contribution is 7.26. The van der Waals surface area contributed by atoms with Gasteiger partial charge in [0, 0.05) is 32.1 Å². The van der Waals surface area contributed by atoms with Gasteiger partial charge < -0.3 is 4.90 Å². The first-order valence-electron chi connectivity index (χ1n) is 17.0. The lowest BCUT2D eigenvalue weighted by molar-refractivity contribution is 0.660. The highest BCUT2D eigenvalue weighted by atomic mass is 32.1. The van der Waals surface area contributed by atoms with Crippen molar-refractivity contribution in [2.24, 2.45) is 0 Å². The highest BCUT2D eigenvalue weighted by Gasteiger charge is 2.36. The Bertz CT molecular complexity index is 2760. The van der Waals surface area contributed by atoms with Crippen molar-refractivity contribution in [1.82, 2.24) is 0 Å². The smallest absolute Gasteiger partial charge is 0.0640 e. The van der Waals surface area contributed by atoms with E-state index in [-0.39, 0.29) is 5.41 Å². The Morgan fingerprint density at radius 3 is 1.94 bits per heavy atom. The Kier molecular flexibility index (Phi) is 6.16. The summed E-state index contributed by atoms with van der Waals surface area (Å²) in [4.78, 5) is 2.52. The molecule has 1 aliphatic rings. The quantitative estimate of drug-likeness (QED) is 0.184. The summed E-state index contributed by atoms with van der Waals surface area (Å²) < 4.78 is 2.61. The second-order valence-electron chi connectivity index (χ2n) is 13.7. The standard InChI is InChI=1S/C47H33NS/c1-47(2)40-22-9-7-18-36(40)39-29-32(26-27-41(39)47)48(42-23-10-8-19-37(42)35-20-11-15-30-13-3-5-16-33(30)35)43-24-12-21-38-45-34-17-6-4-14-31(34)25-28-44(45)49-46(38)43/h3-29H,1-2H3. The van der Waals surface area contributed by atoms with E-state index in [4.69, 9.17) is 0 Å². The van der Waals surface area contributed by atoms with Gasteiger partial charge in [-0.15, -0.1) is 11.3 Å².